The number of hydrogen-bond acceptors (Lipinski definition) is 5. The molecule has 3 rings (SSSR count). The summed E-state index contributed by atoms with van der Waals surface area (Å²) in [5.41, 5.74) is 5.89. The van der Waals surface area contributed by atoms with Gasteiger partial charge in [0.15, 0.2) is 5.82 Å². The summed E-state index contributed by atoms with van der Waals surface area (Å²) < 4.78 is 5.34. The fourth-order valence-electron chi connectivity index (χ4n) is 3.60. The van der Waals surface area contributed by atoms with Gasteiger partial charge < -0.3 is 15.6 Å². The number of carbonyl (C=O) groups excluding carboxylic acids is 1. The van der Waals surface area contributed by atoms with Crippen LogP contribution in [0.1, 0.15) is 82.5 Å². The van der Waals surface area contributed by atoms with E-state index in [0.29, 0.717) is 11.7 Å². The first-order valence-corrected chi connectivity index (χ1v) is 8.52. The van der Waals surface area contributed by atoms with E-state index in [1.54, 1.807) is 0 Å². The fourth-order valence-corrected chi connectivity index (χ4v) is 3.60. The van der Waals surface area contributed by atoms with E-state index in [1.165, 1.54) is 6.42 Å². The quantitative estimate of drug-likeness (QED) is 0.877. The lowest BCUT2D eigenvalue weighted by Gasteiger charge is -2.22. The molecule has 0 bridgehead atoms. The molecule has 0 saturated heterocycles. The third-order valence-corrected chi connectivity index (χ3v) is 5.09. The van der Waals surface area contributed by atoms with E-state index in [-0.39, 0.29) is 30.3 Å². The molecule has 0 aromatic carbocycles. The molecule has 1 amide bonds. The van der Waals surface area contributed by atoms with Crippen molar-refractivity contribution in [1.82, 2.24) is 15.5 Å². The summed E-state index contributed by atoms with van der Waals surface area (Å²) in [6.07, 6.45) is 9.51. The Kier molecular flexibility index (Phi) is 6.03. The maximum absolute atomic E-state index is 12.3. The second-order valence-corrected chi connectivity index (χ2v) is 6.88. The van der Waals surface area contributed by atoms with Gasteiger partial charge in [0, 0.05) is 5.92 Å². The molecule has 1 aromatic heterocycles. The molecule has 2 fully saturated rings. The second-order valence-electron chi connectivity index (χ2n) is 6.88. The van der Waals surface area contributed by atoms with Gasteiger partial charge in [-0.2, -0.15) is 4.98 Å². The van der Waals surface area contributed by atoms with Gasteiger partial charge >= 0.3 is 0 Å². The Hall–Kier alpha value is -1.14. The van der Waals surface area contributed by atoms with Crippen LogP contribution in [0.25, 0.3) is 0 Å². The number of aromatic nitrogens is 2. The van der Waals surface area contributed by atoms with Gasteiger partial charge in [-0.15, -0.1) is 12.4 Å². The van der Waals surface area contributed by atoms with Crippen LogP contribution >= 0.6 is 12.4 Å². The number of halogens is 1. The zero-order chi connectivity index (χ0) is 15.6. The van der Waals surface area contributed by atoms with Gasteiger partial charge in [-0.3, -0.25) is 4.79 Å². The molecule has 0 radical (unpaired) electrons. The molecule has 7 heteroatoms. The molecule has 23 heavy (non-hydrogen) atoms. The number of rotatable bonds is 4. The van der Waals surface area contributed by atoms with E-state index >= 15 is 0 Å². The van der Waals surface area contributed by atoms with Crippen LogP contribution in [0, 0.1) is 5.92 Å². The van der Waals surface area contributed by atoms with Gasteiger partial charge in [0.2, 0.25) is 11.8 Å². The SMILES string of the molecule is C[C@H](NC(=O)C1CCCCC1)c1nc(C2(N)CCCC2)no1.Cl. The predicted molar refractivity (Wildman–Crippen MR) is 89.0 cm³/mol. The molecule has 6 nitrogen and oxygen atoms in total. The largest absolute Gasteiger partial charge is 0.344 e. The van der Waals surface area contributed by atoms with E-state index in [0.717, 1.165) is 51.4 Å². The van der Waals surface area contributed by atoms with Crippen molar-refractivity contribution in [3.05, 3.63) is 11.7 Å². The van der Waals surface area contributed by atoms with Gasteiger partial charge in [0.1, 0.15) is 6.04 Å². The lowest BCUT2D eigenvalue weighted by atomic mass is 9.88. The van der Waals surface area contributed by atoms with Crippen molar-refractivity contribution in [2.75, 3.05) is 0 Å². The Morgan fingerprint density at radius 3 is 2.57 bits per heavy atom. The third kappa shape index (κ3) is 4.04. The van der Waals surface area contributed by atoms with Crippen LogP contribution in [0.15, 0.2) is 4.52 Å². The molecule has 0 unspecified atom stereocenters. The highest BCUT2D eigenvalue weighted by Gasteiger charge is 2.36. The highest BCUT2D eigenvalue weighted by atomic mass is 35.5. The lowest BCUT2D eigenvalue weighted by molar-refractivity contribution is -0.126. The number of carbonyl (C=O) groups is 1. The van der Waals surface area contributed by atoms with Crippen molar-refractivity contribution in [1.29, 1.82) is 0 Å². The van der Waals surface area contributed by atoms with Gasteiger partial charge in [-0.25, -0.2) is 0 Å². The van der Waals surface area contributed by atoms with Crippen molar-refractivity contribution in [2.24, 2.45) is 11.7 Å². The first-order valence-electron chi connectivity index (χ1n) is 8.52. The van der Waals surface area contributed by atoms with Crippen LogP contribution in [-0.2, 0) is 10.3 Å². The van der Waals surface area contributed by atoms with Crippen LogP contribution < -0.4 is 11.1 Å². The van der Waals surface area contributed by atoms with Crippen molar-refractivity contribution in [2.45, 2.75) is 76.3 Å². The minimum atomic E-state index is -0.450. The first-order chi connectivity index (χ1) is 10.6. The molecule has 2 aliphatic rings. The van der Waals surface area contributed by atoms with Crippen molar-refractivity contribution < 1.29 is 9.32 Å². The van der Waals surface area contributed by atoms with E-state index in [2.05, 4.69) is 15.5 Å². The normalized spacial score (nSPS) is 22.3. The number of hydrogen-bond donors (Lipinski definition) is 2. The highest BCUT2D eigenvalue weighted by Crippen LogP contribution is 2.35. The van der Waals surface area contributed by atoms with E-state index in [9.17, 15) is 4.79 Å². The number of nitrogens with two attached hydrogens (primary N) is 1. The van der Waals surface area contributed by atoms with Gasteiger partial charge in [0.25, 0.3) is 0 Å². The molecule has 0 aliphatic heterocycles. The summed E-state index contributed by atoms with van der Waals surface area (Å²) in [6.45, 7) is 1.88. The maximum atomic E-state index is 12.3. The van der Waals surface area contributed by atoms with Gasteiger partial charge in [-0.05, 0) is 32.6 Å². The minimum absolute atomic E-state index is 0. The Labute approximate surface area is 143 Å². The average molecular weight is 343 g/mol. The van der Waals surface area contributed by atoms with Crippen molar-refractivity contribution in [3.8, 4) is 0 Å². The summed E-state index contributed by atoms with van der Waals surface area (Å²) in [5.74, 6) is 1.28. The number of nitrogens with one attached hydrogen (secondary N) is 1. The number of amides is 1. The first kappa shape index (κ1) is 18.2. The minimum Gasteiger partial charge on any atom is -0.344 e. The fraction of sp³-hybridized carbons (Fsp3) is 0.812. The molecular weight excluding hydrogens is 316 g/mol. The summed E-state index contributed by atoms with van der Waals surface area (Å²) >= 11 is 0. The molecule has 1 heterocycles. The zero-order valence-electron chi connectivity index (χ0n) is 13.7. The van der Waals surface area contributed by atoms with Gasteiger partial charge in [-0.1, -0.05) is 37.3 Å². The molecule has 3 N–H and O–H groups in total. The Morgan fingerprint density at radius 2 is 1.91 bits per heavy atom. The molecule has 130 valence electrons. The summed E-state index contributed by atoms with van der Waals surface area (Å²) in [5, 5.41) is 7.05. The molecule has 2 saturated carbocycles. The zero-order valence-corrected chi connectivity index (χ0v) is 14.5. The van der Waals surface area contributed by atoms with Gasteiger partial charge in [0.05, 0.1) is 5.54 Å². The average Bonchev–Trinajstić information content (AvgIpc) is 3.18. The second kappa shape index (κ2) is 7.62. The number of nitrogens with zero attached hydrogens (tertiary/aromatic N) is 2. The van der Waals surface area contributed by atoms with E-state index in [4.69, 9.17) is 10.3 Å². The standard InChI is InChI=1S/C16H26N4O2.ClH/c1-11(18-13(21)12-7-3-2-4-8-12)14-19-15(20-22-14)16(17)9-5-6-10-16;/h11-12H,2-10,17H2,1H3,(H,18,21);1H/t11-;/m0./s1. The Bertz CT molecular complexity index is 522. The van der Waals surface area contributed by atoms with Crippen molar-refractivity contribution >= 4 is 18.3 Å². The van der Waals surface area contributed by atoms with Crippen LogP contribution in [-0.4, -0.2) is 16.0 Å². The Balaban J connectivity index is 0.00000192. The Morgan fingerprint density at radius 1 is 1.26 bits per heavy atom. The molecule has 2 aliphatic carbocycles. The summed E-state index contributed by atoms with van der Waals surface area (Å²) in [4.78, 5) is 16.7. The maximum Gasteiger partial charge on any atom is 0.248 e. The summed E-state index contributed by atoms with van der Waals surface area (Å²) in [7, 11) is 0. The molecular formula is C16H27ClN4O2. The molecule has 1 atom stereocenters. The van der Waals surface area contributed by atoms with E-state index in [1.807, 2.05) is 6.92 Å². The third-order valence-electron chi connectivity index (χ3n) is 5.09. The topological polar surface area (TPSA) is 94.0 Å². The summed E-state index contributed by atoms with van der Waals surface area (Å²) in [6, 6.07) is -0.263. The van der Waals surface area contributed by atoms with Crippen LogP contribution in [0.2, 0.25) is 0 Å². The van der Waals surface area contributed by atoms with E-state index < -0.39 is 5.54 Å². The van der Waals surface area contributed by atoms with Crippen molar-refractivity contribution in [3.63, 3.8) is 0 Å². The lowest BCUT2D eigenvalue weighted by Crippen LogP contribution is -2.35. The van der Waals surface area contributed by atoms with Crippen LogP contribution in [0.4, 0.5) is 0 Å². The molecule has 0 spiro atoms. The smallest absolute Gasteiger partial charge is 0.248 e. The monoisotopic (exact) mass is 342 g/mol. The predicted octanol–water partition coefficient (Wildman–Crippen LogP) is 2.98. The van der Waals surface area contributed by atoms with Crippen LogP contribution in [0.3, 0.4) is 0 Å². The molecule has 1 aromatic rings. The highest BCUT2D eigenvalue weighted by molar-refractivity contribution is 5.85. The van der Waals surface area contributed by atoms with Crippen LogP contribution in [0.5, 0.6) is 0 Å².